The first kappa shape index (κ1) is 13.3. The Bertz CT molecular complexity index is 237. The van der Waals surface area contributed by atoms with Crippen LogP contribution in [-0.2, 0) is 0 Å². The van der Waals surface area contributed by atoms with Gasteiger partial charge in [0.25, 0.3) is 0 Å². The van der Waals surface area contributed by atoms with E-state index in [0.717, 1.165) is 6.42 Å². The van der Waals surface area contributed by atoms with Gasteiger partial charge in [-0.1, -0.05) is 18.7 Å². The molecule has 0 aliphatic rings. The van der Waals surface area contributed by atoms with Crippen molar-refractivity contribution in [1.29, 1.82) is 5.26 Å². The number of hydrogen-bond acceptors (Lipinski definition) is 4. The summed E-state index contributed by atoms with van der Waals surface area (Å²) in [4.78, 5) is 4.41. The van der Waals surface area contributed by atoms with Gasteiger partial charge in [-0.05, 0) is 26.0 Å². The maximum Gasteiger partial charge on any atom is 0.183 e. The fourth-order valence-electron chi connectivity index (χ4n) is 0.970. The Morgan fingerprint density at radius 3 is 2.71 bits per heavy atom. The summed E-state index contributed by atoms with van der Waals surface area (Å²) in [7, 11) is 0. The van der Waals surface area contributed by atoms with Crippen LogP contribution in [0.5, 0.6) is 0 Å². The first-order valence-electron chi connectivity index (χ1n) is 4.51. The number of rotatable bonds is 4. The van der Waals surface area contributed by atoms with E-state index in [1.54, 1.807) is 0 Å². The number of hydrogen-bond donors (Lipinski definition) is 2. The molecule has 0 aromatic carbocycles. The van der Waals surface area contributed by atoms with Crippen molar-refractivity contribution >= 4 is 16.9 Å². The number of thioether (sulfide) groups is 1. The van der Waals surface area contributed by atoms with E-state index in [4.69, 9.17) is 10.4 Å². The molecule has 4 nitrogen and oxygen atoms in total. The smallest absolute Gasteiger partial charge is 0.183 e. The molecule has 0 bridgehead atoms. The summed E-state index contributed by atoms with van der Waals surface area (Å²) in [6, 6.07) is 0. The van der Waals surface area contributed by atoms with Gasteiger partial charge < -0.3 is 5.11 Å². The maximum atomic E-state index is 8.89. The highest BCUT2D eigenvalue weighted by Gasteiger charge is 2.20. The second-order valence-corrected chi connectivity index (χ2v) is 3.98. The fourth-order valence-corrected chi connectivity index (χ4v) is 1.43. The van der Waals surface area contributed by atoms with E-state index in [1.807, 2.05) is 26.3 Å². The molecule has 80 valence electrons. The topological polar surface area (TPSA) is 68.4 Å². The fraction of sp³-hybridized carbons (Fsp3) is 0.778. The molecule has 0 spiro atoms. The van der Waals surface area contributed by atoms with Gasteiger partial charge in [-0.2, -0.15) is 5.26 Å². The van der Waals surface area contributed by atoms with Crippen molar-refractivity contribution in [1.82, 2.24) is 5.32 Å². The molecule has 0 saturated heterocycles. The number of aliphatic hydroxyl groups is 1. The van der Waals surface area contributed by atoms with Gasteiger partial charge in [-0.15, -0.1) is 0 Å². The predicted octanol–water partition coefficient (Wildman–Crippen LogP) is 1.33. The normalized spacial score (nSPS) is 15.8. The molecule has 14 heavy (non-hydrogen) atoms. The van der Waals surface area contributed by atoms with E-state index in [9.17, 15) is 0 Å². The van der Waals surface area contributed by atoms with Crippen molar-refractivity contribution in [2.45, 2.75) is 32.2 Å². The van der Waals surface area contributed by atoms with Crippen molar-refractivity contribution in [2.24, 2.45) is 4.99 Å². The zero-order chi connectivity index (χ0) is 11.0. The van der Waals surface area contributed by atoms with Gasteiger partial charge in [0, 0.05) is 6.61 Å². The molecule has 0 amide bonds. The molecular weight excluding hydrogens is 198 g/mol. The van der Waals surface area contributed by atoms with Crippen molar-refractivity contribution in [3.8, 4) is 6.19 Å². The minimum Gasteiger partial charge on any atom is -0.396 e. The van der Waals surface area contributed by atoms with E-state index in [-0.39, 0.29) is 12.1 Å². The average Bonchev–Trinajstić information content (AvgIpc) is 2.17. The lowest BCUT2D eigenvalue weighted by atomic mass is 9.96. The summed E-state index contributed by atoms with van der Waals surface area (Å²) < 4.78 is 0. The van der Waals surface area contributed by atoms with Gasteiger partial charge in [0.2, 0.25) is 0 Å². The molecule has 2 N–H and O–H groups in total. The minimum absolute atomic E-state index is 0.113. The number of nitriles is 1. The Morgan fingerprint density at radius 2 is 2.36 bits per heavy atom. The molecule has 1 unspecified atom stereocenters. The highest BCUT2D eigenvalue weighted by molar-refractivity contribution is 8.13. The summed E-state index contributed by atoms with van der Waals surface area (Å²) in [6.07, 6.45) is 5.15. The standard InChI is InChI=1S/C9H17N3OS/c1-4-9(2,5-6-13)12-8(14-3)11-7-10/h13H,4-6H2,1-3H3,(H,11,12). The molecular formula is C9H17N3OS. The zero-order valence-electron chi connectivity index (χ0n) is 8.87. The highest BCUT2D eigenvalue weighted by Crippen LogP contribution is 2.20. The third kappa shape index (κ3) is 4.49. The third-order valence-corrected chi connectivity index (χ3v) is 2.72. The molecule has 0 aromatic heterocycles. The Hall–Kier alpha value is -0.730. The molecule has 0 heterocycles. The van der Waals surface area contributed by atoms with Crippen molar-refractivity contribution < 1.29 is 5.11 Å². The first-order chi connectivity index (χ1) is 6.61. The lowest BCUT2D eigenvalue weighted by Crippen LogP contribution is -2.27. The maximum absolute atomic E-state index is 8.89. The second kappa shape index (κ2) is 6.68. The SMILES string of the molecule is CCC(C)(CCO)N=C(NC#N)SC. The molecule has 0 aromatic rings. The minimum atomic E-state index is -0.281. The van der Waals surface area contributed by atoms with E-state index in [2.05, 4.69) is 10.3 Å². The van der Waals surface area contributed by atoms with Crippen LogP contribution in [0.25, 0.3) is 0 Å². The van der Waals surface area contributed by atoms with Crippen molar-refractivity contribution in [2.75, 3.05) is 12.9 Å². The van der Waals surface area contributed by atoms with Gasteiger partial charge in [0.05, 0.1) is 5.54 Å². The Balaban J connectivity index is 4.59. The number of amidine groups is 1. The van der Waals surface area contributed by atoms with Gasteiger partial charge in [-0.3, -0.25) is 10.3 Å². The lowest BCUT2D eigenvalue weighted by molar-refractivity contribution is 0.244. The van der Waals surface area contributed by atoms with Crippen LogP contribution in [0.15, 0.2) is 4.99 Å². The zero-order valence-corrected chi connectivity index (χ0v) is 9.69. The third-order valence-electron chi connectivity index (χ3n) is 2.14. The van der Waals surface area contributed by atoms with E-state index < -0.39 is 0 Å². The van der Waals surface area contributed by atoms with Crippen LogP contribution in [-0.4, -0.2) is 28.7 Å². The van der Waals surface area contributed by atoms with Gasteiger partial charge >= 0.3 is 0 Å². The summed E-state index contributed by atoms with van der Waals surface area (Å²) in [5.74, 6) is 0. The monoisotopic (exact) mass is 215 g/mol. The van der Waals surface area contributed by atoms with Crippen LogP contribution in [0, 0.1) is 11.5 Å². The number of nitrogens with zero attached hydrogens (tertiary/aromatic N) is 2. The Kier molecular flexibility index (Phi) is 6.34. The van der Waals surface area contributed by atoms with Crippen molar-refractivity contribution in [3.05, 3.63) is 0 Å². The quantitative estimate of drug-likeness (QED) is 0.321. The molecule has 0 radical (unpaired) electrons. The first-order valence-corrected chi connectivity index (χ1v) is 5.74. The summed E-state index contributed by atoms with van der Waals surface area (Å²) in [5.41, 5.74) is -0.281. The Labute approximate surface area is 89.4 Å². The average molecular weight is 215 g/mol. The summed E-state index contributed by atoms with van der Waals surface area (Å²) >= 11 is 1.40. The number of aliphatic hydroxyl groups excluding tert-OH is 1. The molecule has 0 rings (SSSR count). The van der Waals surface area contributed by atoms with E-state index in [1.165, 1.54) is 11.8 Å². The highest BCUT2D eigenvalue weighted by atomic mass is 32.2. The van der Waals surface area contributed by atoms with Crippen LogP contribution in [0.3, 0.4) is 0 Å². The molecule has 0 aliphatic heterocycles. The van der Waals surface area contributed by atoms with E-state index in [0.29, 0.717) is 11.6 Å². The molecule has 0 aliphatic carbocycles. The molecule has 1 atom stereocenters. The van der Waals surface area contributed by atoms with Gasteiger partial charge in [0.1, 0.15) is 0 Å². The number of aliphatic imine (C=N–C) groups is 1. The van der Waals surface area contributed by atoms with Crippen molar-refractivity contribution in [3.63, 3.8) is 0 Å². The van der Waals surface area contributed by atoms with Crippen LogP contribution < -0.4 is 5.32 Å². The lowest BCUT2D eigenvalue weighted by Gasteiger charge is -2.23. The summed E-state index contributed by atoms with van der Waals surface area (Å²) in [6.45, 7) is 4.10. The molecule has 5 heteroatoms. The van der Waals surface area contributed by atoms with Crippen LogP contribution in [0.1, 0.15) is 26.7 Å². The predicted molar refractivity (Wildman–Crippen MR) is 60.1 cm³/mol. The molecule has 0 fully saturated rings. The van der Waals surface area contributed by atoms with Gasteiger partial charge in [0.15, 0.2) is 11.4 Å². The largest absolute Gasteiger partial charge is 0.396 e. The second-order valence-electron chi connectivity index (χ2n) is 3.18. The van der Waals surface area contributed by atoms with Crippen LogP contribution in [0.4, 0.5) is 0 Å². The molecule has 0 saturated carbocycles. The number of nitrogens with one attached hydrogen (secondary N) is 1. The van der Waals surface area contributed by atoms with Crippen LogP contribution in [0.2, 0.25) is 0 Å². The summed E-state index contributed by atoms with van der Waals surface area (Å²) in [5, 5.41) is 20.5. The van der Waals surface area contributed by atoms with E-state index >= 15 is 0 Å². The van der Waals surface area contributed by atoms with Crippen LogP contribution >= 0.6 is 11.8 Å². The van der Waals surface area contributed by atoms with Gasteiger partial charge in [-0.25, -0.2) is 0 Å². The Morgan fingerprint density at radius 1 is 1.71 bits per heavy atom.